The summed E-state index contributed by atoms with van der Waals surface area (Å²) in [5.41, 5.74) is 9.77. The number of nitrogens with one attached hydrogen (secondary N) is 2. The van der Waals surface area contributed by atoms with Crippen LogP contribution in [-0.4, -0.2) is 20.2 Å². The van der Waals surface area contributed by atoms with E-state index in [0.29, 0.717) is 23.3 Å². The number of anilines is 3. The van der Waals surface area contributed by atoms with E-state index < -0.39 is 0 Å². The Morgan fingerprint density at radius 2 is 1.90 bits per heavy atom. The Bertz CT molecular complexity index is 1340. The third-order valence-electron chi connectivity index (χ3n) is 4.76. The van der Waals surface area contributed by atoms with E-state index in [1.54, 1.807) is 18.5 Å². The fourth-order valence-corrected chi connectivity index (χ4v) is 3.39. The lowest BCUT2D eigenvalue weighted by atomic mass is 10.1. The molecule has 3 aromatic carbocycles. The lowest BCUT2D eigenvalue weighted by Crippen LogP contribution is -1.99. The molecule has 29 heavy (non-hydrogen) atoms. The maximum Gasteiger partial charge on any atom is 0.230 e. The van der Waals surface area contributed by atoms with Crippen LogP contribution < -0.4 is 15.8 Å². The summed E-state index contributed by atoms with van der Waals surface area (Å²) in [5, 5.41) is 13.2. The second kappa shape index (κ2) is 6.79. The number of H-pyrrole nitrogens is 1. The highest BCUT2D eigenvalue weighted by molar-refractivity contribution is 5.97. The molecule has 0 aliphatic rings. The SMILES string of the molecule is Cc1cc(Nc2nccc(Oc3ccc(N)c4ccccc34)n2)cc2cn[nH]c12. The normalized spacial score (nSPS) is 11.1. The summed E-state index contributed by atoms with van der Waals surface area (Å²) < 4.78 is 6.04. The van der Waals surface area contributed by atoms with Gasteiger partial charge in [0.1, 0.15) is 5.75 Å². The number of benzene rings is 3. The molecule has 0 saturated heterocycles. The molecule has 0 aliphatic carbocycles. The molecule has 0 radical (unpaired) electrons. The van der Waals surface area contributed by atoms with Gasteiger partial charge in [-0.15, -0.1) is 0 Å². The standard InChI is InChI=1S/C22H18N6O/c1-13-10-15(11-14-12-25-28-21(13)14)26-22-24-9-8-20(27-22)29-19-7-6-18(23)16-4-2-3-5-17(16)19/h2-12H,23H2,1H3,(H,25,28)(H,24,26,27). The molecule has 4 N–H and O–H groups in total. The Balaban J connectivity index is 1.45. The van der Waals surface area contributed by atoms with Crippen molar-refractivity contribution in [3.63, 3.8) is 0 Å². The van der Waals surface area contributed by atoms with Crippen LogP contribution in [0.2, 0.25) is 0 Å². The quantitative estimate of drug-likeness (QED) is 0.381. The van der Waals surface area contributed by atoms with E-state index >= 15 is 0 Å². The van der Waals surface area contributed by atoms with Crippen molar-refractivity contribution in [1.82, 2.24) is 20.2 Å². The molecular weight excluding hydrogens is 364 g/mol. The van der Waals surface area contributed by atoms with Crippen LogP contribution in [0, 0.1) is 6.92 Å². The third-order valence-corrected chi connectivity index (χ3v) is 4.76. The molecular formula is C22H18N6O. The number of rotatable bonds is 4. The van der Waals surface area contributed by atoms with Crippen LogP contribution in [0.15, 0.2) is 67.0 Å². The van der Waals surface area contributed by atoms with E-state index in [1.165, 1.54) is 0 Å². The number of aromatic amines is 1. The van der Waals surface area contributed by atoms with Crippen LogP contribution in [0.25, 0.3) is 21.7 Å². The summed E-state index contributed by atoms with van der Waals surface area (Å²) in [4.78, 5) is 8.80. The molecule has 5 aromatic rings. The molecule has 0 amide bonds. The fraction of sp³-hybridized carbons (Fsp3) is 0.0455. The molecule has 0 aliphatic heterocycles. The lowest BCUT2D eigenvalue weighted by molar-refractivity contribution is 0.468. The summed E-state index contributed by atoms with van der Waals surface area (Å²) in [7, 11) is 0. The molecule has 142 valence electrons. The number of ether oxygens (including phenoxy) is 1. The second-order valence-corrected chi connectivity index (χ2v) is 6.77. The minimum absolute atomic E-state index is 0.443. The van der Waals surface area contributed by atoms with Gasteiger partial charge in [-0.3, -0.25) is 5.10 Å². The maximum absolute atomic E-state index is 6.07. The van der Waals surface area contributed by atoms with E-state index in [-0.39, 0.29) is 0 Å². The van der Waals surface area contributed by atoms with Gasteiger partial charge < -0.3 is 15.8 Å². The topological polar surface area (TPSA) is 102 Å². The second-order valence-electron chi connectivity index (χ2n) is 6.77. The Morgan fingerprint density at radius 3 is 2.79 bits per heavy atom. The highest BCUT2D eigenvalue weighted by atomic mass is 16.5. The minimum atomic E-state index is 0.443. The van der Waals surface area contributed by atoms with Gasteiger partial charge in [-0.25, -0.2) is 4.98 Å². The molecule has 5 rings (SSSR count). The number of aromatic nitrogens is 4. The summed E-state index contributed by atoms with van der Waals surface area (Å²) in [6.45, 7) is 2.03. The first kappa shape index (κ1) is 17.0. The van der Waals surface area contributed by atoms with Gasteiger partial charge in [-0.05, 0) is 36.8 Å². The third kappa shape index (κ3) is 3.19. The van der Waals surface area contributed by atoms with Crippen LogP contribution in [0.5, 0.6) is 11.6 Å². The molecule has 0 fully saturated rings. The zero-order chi connectivity index (χ0) is 19.8. The molecule has 0 unspecified atom stereocenters. The van der Waals surface area contributed by atoms with Crippen molar-refractivity contribution in [2.75, 3.05) is 11.1 Å². The number of aryl methyl sites for hydroxylation is 1. The van der Waals surface area contributed by atoms with Crippen molar-refractivity contribution in [1.29, 1.82) is 0 Å². The summed E-state index contributed by atoms with van der Waals surface area (Å²) in [5.74, 6) is 1.58. The zero-order valence-corrected chi connectivity index (χ0v) is 15.7. The molecule has 7 heteroatoms. The van der Waals surface area contributed by atoms with Gasteiger partial charge >= 0.3 is 0 Å². The Kier molecular flexibility index (Phi) is 3.98. The first-order valence-electron chi connectivity index (χ1n) is 9.16. The monoisotopic (exact) mass is 382 g/mol. The van der Waals surface area contributed by atoms with Crippen LogP contribution in [-0.2, 0) is 0 Å². The first-order chi connectivity index (χ1) is 14.2. The molecule has 0 bridgehead atoms. The lowest BCUT2D eigenvalue weighted by Gasteiger charge is -2.11. The van der Waals surface area contributed by atoms with Crippen molar-refractivity contribution < 1.29 is 4.74 Å². The van der Waals surface area contributed by atoms with Gasteiger partial charge in [0, 0.05) is 39.8 Å². The van der Waals surface area contributed by atoms with Gasteiger partial charge in [0.25, 0.3) is 0 Å². The molecule has 0 spiro atoms. The average Bonchev–Trinajstić information content (AvgIpc) is 3.20. The predicted molar refractivity (Wildman–Crippen MR) is 115 cm³/mol. The number of fused-ring (bicyclic) bond motifs is 2. The minimum Gasteiger partial charge on any atom is -0.438 e. The molecule has 2 heterocycles. The maximum atomic E-state index is 6.07. The molecule has 7 nitrogen and oxygen atoms in total. The van der Waals surface area contributed by atoms with E-state index in [4.69, 9.17) is 10.5 Å². The smallest absolute Gasteiger partial charge is 0.230 e. The van der Waals surface area contributed by atoms with Crippen LogP contribution in [0.1, 0.15) is 5.56 Å². The summed E-state index contributed by atoms with van der Waals surface area (Å²) in [6.07, 6.45) is 3.45. The van der Waals surface area contributed by atoms with Gasteiger partial charge in [-0.2, -0.15) is 10.1 Å². The number of nitrogens with zero attached hydrogens (tertiary/aromatic N) is 3. The van der Waals surface area contributed by atoms with Gasteiger partial charge in [0.2, 0.25) is 11.8 Å². The number of hydrogen-bond acceptors (Lipinski definition) is 6. The van der Waals surface area contributed by atoms with Crippen molar-refractivity contribution in [2.24, 2.45) is 0 Å². The zero-order valence-electron chi connectivity index (χ0n) is 15.7. The van der Waals surface area contributed by atoms with Gasteiger partial charge in [-0.1, -0.05) is 24.3 Å². The number of nitrogens with two attached hydrogens (primary N) is 1. The molecule has 0 saturated carbocycles. The fourth-order valence-electron chi connectivity index (χ4n) is 3.39. The van der Waals surface area contributed by atoms with Crippen LogP contribution in [0.4, 0.5) is 17.3 Å². The first-order valence-corrected chi connectivity index (χ1v) is 9.16. The molecule has 0 atom stereocenters. The van der Waals surface area contributed by atoms with Gasteiger partial charge in [0.15, 0.2) is 0 Å². The number of nitrogen functional groups attached to an aromatic ring is 1. The van der Waals surface area contributed by atoms with Crippen LogP contribution in [0.3, 0.4) is 0 Å². The van der Waals surface area contributed by atoms with Crippen molar-refractivity contribution in [3.05, 3.63) is 72.6 Å². The predicted octanol–water partition coefficient (Wildman–Crippen LogP) is 4.93. The summed E-state index contributed by atoms with van der Waals surface area (Å²) >= 11 is 0. The highest BCUT2D eigenvalue weighted by Gasteiger charge is 2.09. The Morgan fingerprint density at radius 1 is 1.03 bits per heavy atom. The van der Waals surface area contributed by atoms with E-state index in [1.807, 2.05) is 55.5 Å². The van der Waals surface area contributed by atoms with Crippen molar-refractivity contribution in [2.45, 2.75) is 6.92 Å². The highest BCUT2D eigenvalue weighted by Crippen LogP contribution is 2.33. The van der Waals surface area contributed by atoms with E-state index in [2.05, 4.69) is 25.5 Å². The van der Waals surface area contributed by atoms with Crippen molar-refractivity contribution in [3.8, 4) is 11.6 Å². The summed E-state index contributed by atoms with van der Waals surface area (Å²) in [6, 6.07) is 17.3. The Hall–Kier alpha value is -4.13. The largest absolute Gasteiger partial charge is 0.438 e. The average molecular weight is 382 g/mol. The number of hydrogen-bond donors (Lipinski definition) is 3. The van der Waals surface area contributed by atoms with E-state index in [9.17, 15) is 0 Å². The molecule has 2 aromatic heterocycles. The van der Waals surface area contributed by atoms with Gasteiger partial charge in [0.05, 0.1) is 11.7 Å². The van der Waals surface area contributed by atoms with E-state index in [0.717, 1.165) is 32.9 Å². The van der Waals surface area contributed by atoms with Crippen LogP contribution >= 0.6 is 0 Å². The Labute approximate surface area is 166 Å². The van der Waals surface area contributed by atoms with Crippen molar-refractivity contribution >= 4 is 39.0 Å².